The standard InChI is InChI=1S/C25H29N9.ClH/c1-2-17(1)14-28-23-13-21(29-16-30-23)19-3-4-20-22(12-19)32-25(31-20)33-24-11-18(5-6-27-24)15-34-9-7-26-8-10-34;/h3-6,11-13,16-17,26H,1-2,7-10,14-15H2,(H,28,29,30)(H2,27,31,32,33);1H. The number of hydrogen-bond acceptors (Lipinski definition) is 8. The van der Waals surface area contributed by atoms with Crippen molar-refractivity contribution in [3.05, 3.63) is 54.5 Å². The first-order valence-electron chi connectivity index (χ1n) is 12.0. The number of aromatic amines is 1. The van der Waals surface area contributed by atoms with Gasteiger partial charge in [0.15, 0.2) is 0 Å². The monoisotopic (exact) mass is 491 g/mol. The molecule has 35 heavy (non-hydrogen) atoms. The van der Waals surface area contributed by atoms with Gasteiger partial charge in [0.05, 0.1) is 16.7 Å². The molecule has 1 saturated carbocycles. The maximum Gasteiger partial charge on any atom is 0.206 e. The molecule has 6 rings (SSSR count). The largest absolute Gasteiger partial charge is 0.370 e. The molecule has 9 nitrogen and oxygen atoms in total. The van der Waals surface area contributed by atoms with Crippen LogP contribution < -0.4 is 16.0 Å². The molecule has 1 aromatic carbocycles. The summed E-state index contributed by atoms with van der Waals surface area (Å²) in [5.41, 5.74) is 5.00. The zero-order valence-corrected chi connectivity index (χ0v) is 20.3. The molecule has 4 heterocycles. The molecule has 2 fully saturated rings. The van der Waals surface area contributed by atoms with E-state index < -0.39 is 0 Å². The third kappa shape index (κ3) is 5.87. The molecule has 182 valence electrons. The molecule has 4 aromatic rings. The Labute approximate surface area is 210 Å². The summed E-state index contributed by atoms with van der Waals surface area (Å²) in [4.78, 5) is 23.8. The minimum absolute atomic E-state index is 0. The molecule has 3 aromatic heterocycles. The van der Waals surface area contributed by atoms with Gasteiger partial charge in [0, 0.05) is 57.1 Å². The Hall–Kier alpha value is -3.27. The van der Waals surface area contributed by atoms with Crippen molar-refractivity contribution in [3.63, 3.8) is 0 Å². The third-order valence-corrected chi connectivity index (χ3v) is 6.40. The van der Waals surface area contributed by atoms with E-state index in [2.05, 4.69) is 59.0 Å². The van der Waals surface area contributed by atoms with E-state index in [1.165, 1.54) is 18.4 Å². The topological polar surface area (TPSA) is 107 Å². The van der Waals surface area contributed by atoms with Crippen LogP contribution in [0.2, 0.25) is 0 Å². The van der Waals surface area contributed by atoms with E-state index in [0.29, 0.717) is 5.95 Å². The average molecular weight is 492 g/mol. The number of anilines is 3. The van der Waals surface area contributed by atoms with Crippen molar-refractivity contribution in [2.75, 3.05) is 43.4 Å². The van der Waals surface area contributed by atoms with Gasteiger partial charge in [-0.1, -0.05) is 6.07 Å². The van der Waals surface area contributed by atoms with Crippen molar-refractivity contribution >= 4 is 41.0 Å². The molecule has 10 heteroatoms. The quantitative estimate of drug-likeness (QED) is 0.295. The van der Waals surface area contributed by atoms with Gasteiger partial charge in [0.1, 0.15) is 18.0 Å². The molecule has 0 bridgehead atoms. The van der Waals surface area contributed by atoms with E-state index in [4.69, 9.17) is 4.98 Å². The van der Waals surface area contributed by atoms with Crippen molar-refractivity contribution < 1.29 is 0 Å². The maximum absolute atomic E-state index is 4.69. The van der Waals surface area contributed by atoms with Crippen LogP contribution in [0, 0.1) is 5.92 Å². The molecule has 0 unspecified atom stereocenters. The number of benzene rings is 1. The fraction of sp³-hybridized carbons (Fsp3) is 0.360. The van der Waals surface area contributed by atoms with E-state index in [1.54, 1.807) is 6.33 Å². The van der Waals surface area contributed by atoms with E-state index in [1.807, 2.05) is 24.4 Å². The minimum atomic E-state index is 0. The van der Waals surface area contributed by atoms with Crippen LogP contribution in [-0.2, 0) is 6.54 Å². The molecule has 2 aliphatic rings. The van der Waals surface area contributed by atoms with Crippen molar-refractivity contribution in [1.29, 1.82) is 0 Å². The van der Waals surface area contributed by atoms with Crippen LogP contribution >= 0.6 is 12.4 Å². The van der Waals surface area contributed by atoms with Crippen molar-refractivity contribution in [3.8, 4) is 11.3 Å². The number of pyridine rings is 1. The van der Waals surface area contributed by atoms with E-state index in [9.17, 15) is 0 Å². The number of rotatable bonds is 8. The highest BCUT2D eigenvalue weighted by Gasteiger charge is 2.20. The van der Waals surface area contributed by atoms with Crippen LogP contribution in [-0.4, -0.2) is 62.5 Å². The fourth-order valence-electron chi connectivity index (χ4n) is 4.30. The normalized spacial score (nSPS) is 16.1. The molecule has 1 saturated heterocycles. The Bertz CT molecular complexity index is 1280. The summed E-state index contributed by atoms with van der Waals surface area (Å²) < 4.78 is 0. The summed E-state index contributed by atoms with van der Waals surface area (Å²) in [6.07, 6.45) is 6.10. The van der Waals surface area contributed by atoms with Gasteiger partial charge in [-0.2, -0.15) is 0 Å². The van der Waals surface area contributed by atoms with Gasteiger partial charge in [-0.3, -0.25) is 4.90 Å². The average Bonchev–Trinajstić information content (AvgIpc) is 3.61. The SMILES string of the molecule is Cl.c1cc(CN2CCNCC2)cc(Nc2nc3ccc(-c4cc(NCC5CC5)ncn4)cc3[nH]2)n1. The lowest BCUT2D eigenvalue weighted by Crippen LogP contribution is -2.42. The van der Waals surface area contributed by atoms with Gasteiger partial charge in [-0.05, 0) is 48.6 Å². The summed E-state index contributed by atoms with van der Waals surface area (Å²) in [6.45, 7) is 6.14. The molecule has 4 N–H and O–H groups in total. The van der Waals surface area contributed by atoms with Gasteiger partial charge < -0.3 is 20.9 Å². The van der Waals surface area contributed by atoms with Crippen LogP contribution in [0.25, 0.3) is 22.3 Å². The summed E-state index contributed by atoms with van der Waals surface area (Å²) in [7, 11) is 0. The number of imidazole rings is 1. The zero-order valence-electron chi connectivity index (χ0n) is 19.5. The highest BCUT2D eigenvalue weighted by Crippen LogP contribution is 2.29. The first-order valence-corrected chi connectivity index (χ1v) is 12.0. The second-order valence-electron chi connectivity index (χ2n) is 9.13. The van der Waals surface area contributed by atoms with E-state index >= 15 is 0 Å². The smallest absolute Gasteiger partial charge is 0.206 e. The van der Waals surface area contributed by atoms with E-state index in [-0.39, 0.29) is 12.4 Å². The van der Waals surface area contributed by atoms with Crippen molar-refractivity contribution in [1.82, 2.24) is 35.1 Å². The molecule has 0 atom stereocenters. The van der Waals surface area contributed by atoms with Crippen LogP contribution in [0.4, 0.5) is 17.6 Å². The summed E-state index contributed by atoms with van der Waals surface area (Å²) >= 11 is 0. The molecule has 0 amide bonds. The third-order valence-electron chi connectivity index (χ3n) is 6.40. The number of piperazine rings is 1. The number of fused-ring (bicyclic) bond motifs is 1. The van der Waals surface area contributed by atoms with Crippen molar-refractivity contribution in [2.24, 2.45) is 5.92 Å². The lowest BCUT2D eigenvalue weighted by Gasteiger charge is -2.27. The van der Waals surface area contributed by atoms with Crippen LogP contribution in [0.5, 0.6) is 0 Å². The van der Waals surface area contributed by atoms with E-state index in [0.717, 1.165) is 79.1 Å². The number of H-pyrrole nitrogens is 1. The highest BCUT2D eigenvalue weighted by molar-refractivity contribution is 5.85. The summed E-state index contributed by atoms with van der Waals surface area (Å²) in [5, 5.41) is 10.1. The van der Waals surface area contributed by atoms with Gasteiger partial charge in [-0.25, -0.2) is 19.9 Å². The number of aromatic nitrogens is 5. The Kier molecular flexibility index (Phi) is 7.08. The first-order chi connectivity index (χ1) is 16.8. The van der Waals surface area contributed by atoms with Crippen LogP contribution in [0.3, 0.4) is 0 Å². The summed E-state index contributed by atoms with van der Waals surface area (Å²) in [6, 6.07) is 12.3. The fourth-order valence-corrected chi connectivity index (χ4v) is 4.30. The van der Waals surface area contributed by atoms with Gasteiger partial charge in [0.25, 0.3) is 0 Å². The number of nitrogens with zero attached hydrogens (tertiary/aromatic N) is 5. The minimum Gasteiger partial charge on any atom is -0.370 e. The molecule has 0 radical (unpaired) electrons. The van der Waals surface area contributed by atoms with Crippen LogP contribution in [0.1, 0.15) is 18.4 Å². The Morgan fingerprint density at radius 2 is 1.86 bits per heavy atom. The Balaban J connectivity index is 0.00000253. The zero-order chi connectivity index (χ0) is 22.7. The summed E-state index contributed by atoms with van der Waals surface area (Å²) in [5.74, 6) is 3.13. The predicted octanol–water partition coefficient (Wildman–Crippen LogP) is 3.81. The molecular weight excluding hydrogens is 462 g/mol. The number of nitrogens with one attached hydrogen (secondary N) is 4. The van der Waals surface area contributed by atoms with Gasteiger partial charge >= 0.3 is 0 Å². The first kappa shape index (κ1) is 23.5. The maximum atomic E-state index is 4.69. The Morgan fingerprint density at radius 3 is 2.71 bits per heavy atom. The lowest BCUT2D eigenvalue weighted by atomic mass is 10.1. The van der Waals surface area contributed by atoms with Crippen molar-refractivity contribution in [2.45, 2.75) is 19.4 Å². The Morgan fingerprint density at radius 1 is 0.971 bits per heavy atom. The predicted molar refractivity (Wildman–Crippen MR) is 141 cm³/mol. The molecule has 0 spiro atoms. The molecular formula is C25H30ClN9. The second-order valence-corrected chi connectivity index (χ2v) is 9.13. The number of hydrogen-bond donors (Lipinski definition) is 4. The second kappa shape index (κ2) is 10.6. The molecule has 1 aliphatic heterocycles. The van der Waals surface area contributed by atoms with Gasteiger partial charge in [-0.15, -0.1) is 12.4 Å². The lowest BCUT2D eigenvalue weighted by molar-refractivity contribution is 0.233. The molecule has 1 aliphatic carbocycles. The van der Waals surface area contributed by atoms with Gasteiger partial charge in [0.2, 0.25) is 5.95 Å². The van der Waals surface area contributed by atoms with Crippen LogP contribution in [0.15, 0.2) is 48.9 Å². The highest BCUT2D eigenvalue weighted by atomic mass is 35.5. The number of halogens is 1.